The molecule has 0 aromatic carbocycles. The van der Waals surface area contributed by atoms with E-state index in [1.165, 1.54) is 4.90 Å². The number of nitrogens with two attached hydrogens (primary N) is 1. The lowest BCUT2D eigenvalue weighted by Gasteiger charge is -2.11. The summed E-state index contributed by atoms with van der Waals surface area (Å²) in [7, 11) is 0. The molecule has 0 aliphatic carbocycles. The second-order valence-electron chi connectivity index (χ2n) is 5.50. The first kappa shape index (κ1) is 15.6. The van der Waals surface area contributed by atoms with Crippen LogP contribution in [0.2, 0.25) is 0 Å². The number of likely N-dealkylation sites (tertiary alicyclic amines) is 1. The maximum absolute atomic E-state index is 12.2. The average Bonchev–Trinajstić information content (AvgIpc) is 3.19. The summed E-state index contributed by atoms with van der Waals surface area (Å²) in [6, 6.07) is 3.31. The lowest BCUT2D eigenvalue weighted by molar-refractivity contribution is -0.119. The number of amides is 2. The summed E-state index contributed by atoms with van der Waals surface area (Å²) in [6.45, 7) is 0.532. The number of fused-ring (bicyclic) bond motifs is 1. The minimum atomic E-state index is -1.02. The van der Waals surface area contributed by atoms with Crippen LogP contribution in [0.1, 0.15) is 12.0 Å². The second kappa shape index (κ2) is 6.07. The van der Waals surface area contributed by atoms with Crippen molar-refractivity contribution >= 4 is 29.3 Å². The molecule has 1 atom stereocenters. The largest absolute Gasteiger partial charge is 0.465 e. The summed E-state index contributed by atoms with van der Waals surface area (Å²) in [5, 5.41) is 23.3. The minimum Gasteiger partial charge on any atom is -0.465 e. The quantitative estimate of drug-likeness (QED) is 0.276. The maximum atomic E-state index is 12.2. The van der Waals surface area contributed by atoms with Crippen LogP contribution in [0, 0.1) is 5.92 Å². The number of aromatic nitrogens is 2. The van der Waals surface area contributed by atoms with Gasteiger partial charge in [0.25, 0.3) is 0 Å². The predicted octanol–water partition coefficient (Wildman–Crippen LogP) is 0.367. The van der Waals surface area contributed by atoms with E-state index in [0.29, 0.717) is 30.0 Å². The van der Waals surface area contributed by atoms with Gasteiger partial charge in [0.05, 0.1) is 12.1 Å². The standard InChI is InChI=1S/C14H16N6O4/c15-12(18-24)8-1-2-11-16-10(7-20(11)5-8)17-13(21)9-3-4-19(6-9)14(22)23/h1-2,5,7,9,24H,3-4,6H2,(H2,15,18)(H,17,21)(H,22,23). The fourth-order valence-corrected chi connectivity index (χ4v) is 2.64. The Morgan fingerprint density at radius 1 is 1.38 bits per heavy atom. The van der Waals surface area contributed by atoms with Gasteiger partial charge in [0.15, 0.2) is 11.7 Å². The molecule has 0 saturated carbocycles. The van der Waals surface area contributed by atoms with Crippen LogP contribution in [0.3, 0.4) is 0 Å². The van der Waals surface area contributed by atoms with Gasteiger partial charge in [-0.3, -0.25) is 4.79 Å². The normalized spacial score (nSPS) is 18.1. The van der Waals surface area contributed by atoms with E-state index in [2.05, 4.69) is 15.5 Å². The van der Waals surface area contributed by atoms with E-state index < -0.39 is 12.0 Å². The highest BCUT2D eigenvalue weighted by Gasteiger charge is 2.31. The molecule has 10 nitrogen and oxygen atoms in total. The van der Waals surface area contributed by atoms with Crippen LogP contribution in [0.5, 0.6) is 0 Å². The number of rotatable bonds is 3. The zero-order valence-corrected chi connectivity index (χ0v) is 12.6. The molecule has 3 rings (SSSR count). The van der Waals surface area contributed by atoms with Gasteiger partial charge in [-0.25, -0.2) is 9.78 Å². The maximum Gasteiger partial charge on any atom is 0.407 e. The van der Waals surface area contributed by atoms with Crippen molar-refractivity contribution in [1.29, 1.82) is 0 Å². The highest BCUT2D eigenvalue weighted by atomic mass is 16.4. The molecule has 2 amide bonds. The molecule has 1 aliphatic rings. The Kier molecular flexibility index (Phi) is 3.94. The van der Waals surface area contributed by atoms with Gasteiger partial charge in [0.2, 0.25) is 5.91 Å². The molecule has 0 bridgehead atoms. The first-order valence-electron chi connectivity index (χ1n) is 7.23. The van der Waals surface area contributed by atoms with Crippen molar-refractivity contribution in [2.75, 3.05) is 18.4 Å². The smallest absolute Gasteiger partial charge is 0.407 e. The fraction of sp³-hybridized carbons (Fsp3) is 0.286. The number of amidine groups is 1. The summed E-state index contributed by atoms with van der Waals surface area (Å²) < 4.78 is 1.64. The van der Waals surface area contributed by atoms with Crippen molar-refractivity contribution in [1.82, 2.24) is 14.3 Å². The summed E-state index contributed by atoms with van der Waals surface area (Å²) in [5.41, 5.74) is 6.63. The molecule has 1 fully saturated rings. The Morgan fingerprint density at radius 3 is 2.83 bits per heavy atom. The SMILES string of the molecule is NC(=NO)c1ccc2nc(NC(=O)C3CCN(C(=O)O)C3)cn2c1. The summed E-state index contributed by atoms with van der Waals surface area (Å²) in [5.74, 6) is -0.334. The van der Waals surface area contributed by atoms with Crippen LogP contribution < -0.4 is 11.1 Å². The summed E-state index contributed by atoms with van der Waals surface area (Å²) in [6.07, 6.45) is 2.69. The van der Waals surface area contributed by atoms with Gasteiger partial charge in [-0.2, -0.15) is 0 Å². The molecular formula is C14H16N6O4. The van der Waals surface area contributed by atoms with E-state index in [0.717, 1.165) is 0 Å². The molecule has 2 aromatic heterocycles. The van der Waals surface area contributed by atoms with Gasteiger partial charge in [0.1, 0.15) is 5.65 Å². The number of hydrogen-bond acceptors (Lipinski definition) is 5. The first-order valence-corrected chi connectivity index (χ1v) is 7.23. The van der Waals surface area contributed by atoms with Crippen molar-refractivity contribution < 1.29 is 19.9 Å². The molecule has 3 heterocycles. The number of carbonyl (C=O) groups excluding carboxylic acids is 1. The zero-order valence-electron chi connectivity index (χ0n) is 12.6. The number of hydrogen-bond donors (Lipinski definition) is 4. The van der Waals surface area contributed by atoms with Crippen molar-refractivity contribution in [3.63, 3.8) is 0 Å². The van der Waals surface area contributed by atoms with E-state index in [1.807, 2.05) is 0 Å². The van der Waals surface area contributed by atoms with E-state index >= 15 is 0 Å². The van der Waals surface area contributed by atoms with Gasteiger partial charge >= 0.3 is 6.09 Å². The van der Waals surface area contributed by atoms with E-state index in [1.54, 1.807) is 28.9 Å². The van der Waals surface area contributed by atoms with E-state index in [9.17, 15) is 9.59 Å². The molecule has 0 spiro atoms. The van der Waals surface area contributed by atoms with Gasteiger partial charge in [-0.1, -0.05) is 5.16 Å². The van der Waals surface area contributed by atoms with Crippen LogP contribution in [0.25, 0.3) is 5.65 Å². The van der Waals surface area contributed by atoms with E-state index in [-0.39, 0.29) is 18.3 Å². The highest BCUT2D eigenvalue weighted by molar-refractivity contribution is 5.97. The van der Waals surface area contributed by atoms with Crippen LogP contribution in [0.15, 0.2) is 29.7 Å². The van der Waals surface area contributed by atoms with Crippen LogP contribution in [-0.2, 0) is 4.79 Å². The van der Waals surface area contributed by atoms with Crippen molar-refractivity contribution in [2.24, 2.45) is 16.8 Å². The van der Waals surface area contributed by atoms with Crippen LogP contribution in [-0.4, -0.2) is 55.5 Å². The van der Waals surface area contributed by atoms with Crippen LogP contribution in [0.4, 0.5) is 10.6 Å². The van der Waals surface area contributed by atoms with Gasteiger partial charge in [0, 0.05) is 24.8 Å². The van der Waals surface area contributed by atoms with E-state index in [4.69, 9.17) is 16.0 Å². The number of imidazole rings is 1. The molecule has 5 N–H and O–H groups in total. The Balaban J connectivity index is 1.73. The molecule has 126 valence electrons. The third-order valence-electron chi connectivity index (χ3n) is 3.94. The van der Waals surface area contributed by atoms with Crippen molar-refractivity contribution in [2.45, 2.75) is 6.42 Å². The lowest BCUT2D eigenvalue weighted by atomic mass is 10.1. The number of pyridine rings is 1. The third-order valence-corrected chi connectivity index (χ3v) is 3.94. The number of carbonyl (C=O) groups is 2. The fourth-order valence-electron chi connectivity index (χ4n) is 2.64. The van der Waals surface area contributed by atoms with Crippen molar-refractivity contribution in [3.8, 4) is 0 Å². The summed E-state index contributed by atoms with van der Waals surface area (Å²) in [4.78, 5) is 28.6. The Labute approximate surface area is 136 Å². The van der Waals surface area contributed by atoms with Crippen LogP contribution >= 0.6 is 0 Å². The number of nitrogens with zero attached hydrogens (tertiary/aromatic N) is 4. The number of oxime groups is 1. The van der Waals surface area contributed by atoms with Crippen molar-refractivity contribution in [3.05, 3.63) is 30.1 Å². The Bertz CT molecular complexity index is 830. The number of anilines is 1. The van der Waals surface area contributed by atoms with Gasteiger partial charge in [-0.05, 0) is 18.6 Å². The monoisotopic (exact) mass is 332 g/mol. The topological polar surface area (TPSA) is 146 Å². The number of carboxylic acid groups (broad SMARTS) is 1. The molecule has 0 radical (unpaired) electrons. The first-order chi connectivity index (χ1) is 11.5. The molecular weight excluding hydrogens is 316 g/mol. The van der Waals surface area contributed by atoms with Gasteiger partial charge < -0.3 is 30.7 Å². The molecule has 1 aliphatic heterocycles. The highest BCUT2D eigenvalue weighted by Crippen LogP contribution is 2.19. The average molecular weight is 332 g/mol. The minimum absolute atomic E-state index is 0.0316. The molecule has 2 aromatic rings. The summed E-state index contributed by atoms with van der Waals surface area (Å²) >= 11 is 0. The van der Waals surface area contributed by atoms with Gasteiger partial charge in [-0.15, -0.1) is 0 Å². The molecule has 24 heavy (non-hydrogen) atoms. The Hall–Kier alpha value is -3.30. The third kappa shape index (κ3) is 2.93. The predicted molar refractivity (Wildman–Crippen MR) is 84.0 cm³/mol. The molecule has 1 unspecified atom stereocenters. The zero-order chi connectivity index (χ0) is 17.3. The lowest BCUT2D eigenvalue weighted by Crippen LogP contribution is -2.30. The number of nitrogens with one attached hydrogen (secondary N) is 1. The molecule has 1 saturated heterocycles. The molecule has 10 heteroatoms. The second-order valence-corrected chi connectivity index (χ2v) is 5.50. The Morgan fingerprint density at radius 2 is 2.17 bits per heavy atom.